The maximum absolute atomic E-state index is 5.46. The van der Waals surface area contributed by atoms with Crippen molar-refractivity contribution in [2.24, 2.45) is 5.92 Å². The van der Waals surface area contributed by atoms with Gasteiger partial charge in [0.05, 0.1) is 7.11 Å². The zero-order valence-electron chi connectivity index (χ0n) is 12.9. The summed E-state index contributed by atoms with van der Waals surface area (Å²) in [5, 5.41) is 3.56. The molecule has 0 aromatic heterocycles. The average Bonchev–Trinajstić information content (AvgIpc) is 2.95. The van der Waals surface area contributed by atoms with Gasteiger partial charge in [0.2, 0.25) is 12.5 Å². The molecule has 2 aliphatic heterocycles. The highest BCUT2D eigenvalue weighted by molar-refractivity contribution is 5.55. The summed E-state index contributed by atoms with van der Waals surface area (Å²) in [6, 6.07) is 4.05. The van der Waals surface area contributed by atoms with Crippen molar-refractivity contribution in [1.82, 2.24) is 10.2 Å². The number of rotatable bonds is 5. The van der Waals surface area contributed by atoms with E-state index in [1.165, 1.54) is 31.5 Å². The molecule has 5 nitrogen and oxygen atoms in total. The van der Waals surface area contributed by atoms with Gasteiger partial charge in [-0.15, -0.1) is 0 Å². The molecule has 0 amide bonds. The first kappa shape index (κ1) is 14.5. The summed E-state index contributed by atoms with van der Waals surface area (Å²) in [7, 11) is 3.86. The Kier molecular flexibility index (Phi) is 4.51. The Bertz CT molecular complexity index is 493. The third-order valence-corrected chi connectivity index (χ3v) is 4.20. The molecular weight excluding hydrogens is 268 g/mol. The molecule has 0 spiro atoms. The normalized spacial score (nSPS) is 21.5. The van der Waals surface area contributed by atoms with Gasteiger partial charge in [0.15, 0.2) is 11.5 Å². The molecule has 0 saturated carbocycles. The fraction of sp³-hybridized carbons (Fsp3) is 0.625. The van der Waals surface area contributed by atoms with Crippen molar-refractivity contribution >= 4 is 0 Å². The molecule has 2 heterocycles. The number of methoxy groups -OCH3 is 1. The van der Waals surface area contributed by atoms with Gasteiger partial charge in [-0.25, -0.2) is 0 Å². The van der Waals surface area contributed by atoms with Crippen LogP contribution in [0.3, 0.4) is 0 Å². The highest BCUT2D eigenvalue weighted by Crippen LogP contribution is 2.41. The van der Waals surface area contributed by atoms with Crippen molar-refractivity contribution in [1.29, 1.82) is 0 Å². The van der Waals surface area contributed by atoms with E-state index in [0.717, 1.165) is 36.3 Å². The van der Waals surface area contributed by atoms with Gasteiger partial charge in [0.1, 0.15) is 0 Å². The van der Waals surface area contributed by atoms with Crippen molar-refractivity contribution in [3.8, 4) is 17.2 Å². The van der Waals surface area contributed by atoms with Crippen LogP contribution < -0.4 is 19.5 Å². The van der Waals surface area contributed by atoms with Crippen LogP contribution >= 0.6 is 0 Å². The van der Waals surface area contributed by atoms with Gasteiger partial charge in [-0.05, 0) is 56.6 Å². The van der Waals surface area contributed by atoms with Crippen LogP contribution in [0.4, 0.5) is 0 Å². The molecule has 3 rings (SSSR count). The molecule has 2 aliphatic rings. The number of nitrogens with zero attached hydrogens (tertiary/aromatic N) is 1. The number of piperidine rings is 1. The lowest BCUT2D eigenvalue weighted by atomic mass is 9.98. The number of nitrogens with one attached hydrogen (secondary N) is 1. The lowest BCUT2D eigenvalue weighted by Gasteiger charge is -2.29. The summed E-state index contributed by atoms with van der Waals surface area (Å²) >= 11 is 0. The summed E-state index contributed by atoms with van der Waals surface area (Å²) in [4.78, 5) is 2.42. The molecule has 0 aliphatic carbocycles. The van der Waals surface area contributed by atoms with E-state index in [9.17, 15) is 0 Å². The Balaban J connectivity index is 1.56. The molecule has 1 fully saturated rings. The molecule has 21 heavy (non-hydrogen) atoms. The minimum atomic E-state index is 0.275. The minimum absolute atomic E-state index is 0.275. The highest BCUT2D eigenvalue weighted by Gasteiger charge is 2.20. The maximum atomic E-state index is 5.46. The molecule has 1 saturated heterocycles. The second kappa shape index (κ2) is 6.54. The van der Waals surface area contributed by atoms with Gasteiger partial charge in [-0.3, -0.25) is 0 Å². The number of benzene rings is 1. The van der Waals surface area contributed by atoms with Crippen LogP contribution in [0.25, 0.3) is 0 Å². The topological polar surface area (TPSA) is 43.0 Å². The van der Waals surface area contributed by atoms with E-state index >= 15 is 0 Å². The smallest absolute Gasteiger partial charge is 0.231 e. The van der Waals surface area contributed by atoms with Crippen LogP contribution in [-0.4, -0.2) is 45.5 Å². The number of hydrogen-bond acceptors (Lipinski definition) is 5. The first-order chi connectivity index (χ1) is 10.3. The zero-order valence-corrected chi connectivity index (χ0v) is 12.9. The van der Waals surface area contributed by atoms with Gasteiger partial charge in [-0.1, -0.05) is 0 Å². The van der Waals surface area contributed by atoms with E-state index in [4.69, 9.17) is 14.2 Å². The zero-order chi connectivity index (χ0) is 14.7. The lowest BCUT2D eigenvalue weighted by molar-refractivity contribution is 0.171. The second-order valence-corrected chi connectivity index (χ2v) is 5.93. The maximum Gasteiger partial charge on any atom is 0.231 e. The first-order valence-electron chi connectivity index (χ1n) is 7.62. The fourth-order valence-electron chi connectivity index (χ4n) is 3.15. The van der Waals surface area contributed by atoms with Crippen molar-refractivity contribution in [3.63, 3.8) is 0 Å². The Morgan fingerprint density at radius 2 is 2.29 bits per heavy atom. The van der Waals surface area contributed by atoms with Gasteiger partial charge in [0, 0.05) is 13.1 Å². The average molecular weight is 292 g/mol. The van der Waals surface area contributed by atoms with Crippen LogP contribution in [0, 0.1) is 5.92 Å². The molecule has 1 N–H and O–H groups in total. The molecule has 1 atom stereocenters. The predicted molar refractivity (Wildman–Crippen MR) is 81.0 cm³/mol. The summed E-state index contributed by atoms with van der Waals surface area (Å²) in [6.45, 7) is 4.58. The molecule has 1 aromatic carbocycles. The number of likely N-dealkylation sites (tertiary alicyclic amines) is 1. The standard InChI is InChI=1S/C16H24N2O3/c1-18-5-3-4-12(10-18)8-17-9-13-6-14(19-2)16-15(7-13)20-11-21-16/h6-7,12,17H,3-5,8-11H2,1-2H3/t12-/m0/s1. The van der Waals surface area contributed by atoms with E-state index in [2.05, 4.69) is 17.3 Å². The highest BCUT2D eigenvalue weighted by atomic mass is 16.7. The minimum Gasteiger partial charge on any atom is -0.493 e. The molecule has 0 bridgehead atoms. The van der Waals surface area contributed by atoms with Gasteiger partial charge in [-0.2, -0.15) is 0 Å². The van der Waals surface area contributed by atoms with Crippen molar-refractivity contribution in [2.75, 3.05) is 40.6 Å². The van der Waals surface area contributed by atoms with E-state index < -0.39 is 0 Å². The van der Waals surface area contributed by atoms with Crippen LogP contribution in [0.5, 0.6) is 17.2 Å². The fourth-order valence-corrected chi connectivity index (χ4v) is 3.15. The SMILES string of the molecule is COc1cc(CNC[C@@H]2CCCN(C)C2)cc2c1OCO2. The Labute approximate surface area is 126 Å². The number of ether oxygens (including phenoxy) is 3. The van der Waals surface area contributed by atoms with E-state index in [1.54, 1.807) is 7.11 Å². The third kappa shape index (κ3) is 3.41. The lowest BCUT2D eigenvalue weighted by Crippen LogP contribution is -2.37. The van der Waals surface area contributed by atoms with Crippen molar-refractivity contribution in [2.45, 2.75) is 19.4 Å². The molecule has 116 valence electrons. The molecule has 5 heteroatoms. The van der Waals surface area contributed by atoms with Gasteiger partial charge in [0.25, 0.3) is 0 Å². The predicted octanol–water partition coefficient (Wildman–Crippen LogP) is 1.86. The third-order valence-electron chi connectivity index (χ3n) is 4.20. The Morgan fingerprint density at radius 1 is 1.38 bits per heavy atom. The summed E-state index contributed by atoms with van der Waals surface area (Å²) < 4.78 is 16.2. The molecule has 1 aromatic rings. The van der Waals surface area contributed by atoms with Crippen LogP contribution in [0.2, 0.25) is 0 Å². The molecule has 0 radical (unpaired) electrons. The number of fused-ring (bicyclic) bond motifs is 1. The monoisotopic (exact) mass is 292 g/mol. The van der Waals surface area contributed by atoms with E-state index in [1.807, 2.05) is 12.1 Å². The quantitative estimate of drug-likeness (QED) is 0.897. The summed E-state index contributed by atoms with van der Waals surface area (Å²) in [5.74, 6) is 3.00. The van der Waals surface area contributed by atoms with E-state index in [0.29, 0.717) is 0 Å². The van der Waals surface area contributed by atoms with Gasteiger partial charge < -0.3 is 24.4 Å². The van der Waals surface area contributed by atoms with Crippen LogP contribution in [0.15, 0.2) is 12.1 Å². The van der Waals surface area contributed by atoms with Crippen molar-refractivity contribution < 1.29 is 14.2 Å². The second-order valence-electron chi connectivity index (χ2n) is 5.93. The van der Waals surface area contributed by atoms with Crippen LogP contribution in [-0.2, 0) is 6.54 Å². The number of hydrogen-bond donors (Lipinski definition) is 1. The largest absolute Gasteiger partial charge is 0.493 e. The van der Waals surface area contributed by atoms with E-state index in [-0.39, 0.29) is 6.79 Å². The van der Waals surface area contributed by atoms with Crippen LogP contribution in [0.1, 0.15) is 18.4 Å². The Morgan fingerprint density at radius 3 is 3.10 bits per heavy atom. The van der Waals surface area contributed by atoms with Gasteiger partial charge >= 0.3 is 0 Å². The molecule has 0 unspecified atom stereocenters. The first-order valence-corrected chi connectivity index (χ1v) is 7.62. The van der Waals surface area contributed by atoms with Crippen molar-refractivity contribution in [3.05, 3.63) is 17.7 Å². The Hall–Kier alpha value is -1.46. The summed E-state index contributed by atoms with van der Waals surface area (Å²) in [5.41, 5.74) is 1.17. The molecular formula is C16H24N2O3. The summed E-state index contributed by atoms with van der Waals surface area (Å²) in [6.07, 6.45) is 2.63.